The van der Waals surface area contributed by atoms with E-state index in [1.54, 1.807) is 0 Å². The summed E-state index contributed by atoms with van der Waals surface area (Å²) in [7, 11) is 0. The molecule has 2 aromatic rings. The first-order valence-electron chi connectivity index (χ1n) is 5.32. The molecule has 1 aliphatic heterocycles. The third kappa shape index (κ3) is 1.86. The Balaban J connectivity index is 1.97. The summed E-state index contributed by atoms with van der Waals surface area (Å²) in [5, 5.41) is 8.47. The molecule has 18 heavy (non-hydrogen) atoms. The maximum absolute atomic E-state index is 13.0. The molecule has 0 radical (unpaired) electrons. The number of rotatable bonds is 1. The fraction of sp³-hybridized carbons (Fsp3) is 0.400. The third-order valence-electron chi connectivity index (χ3n) is 2.90. The lowest BCUT2D eigenvalue weighted by atomic mass is 10.0. The summed E-state index contributed by atoms with van der Waals surface area (Å²) < 4.78 is 39.9. The predicted molar refractivity (Wildman–Crippen MR) is 60.4 cm³/mol. The number of nitrogens with one attached hydrogen (secondary N) is 1. The van der Waals surface area contributed by atoms with Gasteiger partial charge in [-0.1, -0.05) is 6.07 Å². The lowest BCUT2D eigenvalue weighted by Crippen LogP contribution is -2.35. The van der Waals surface area contributed by atoms with Crippen molar-refractivity contribution < 1.29 is 13.2 Å². The highest BCUT2D eigenvalue weighted by molar-refractivity contribution is 7.10. The van der Waals surface area contributed by atoms with Gasteiger partial charge in [0.15, 0.2) is 6.04 Å². The van der Waals surface area contributed by atoms with Crippen molar-refractivity contribution >= 4 is 17.3 Å². The first-order chi connectivity index (χ1) is 8.55. The number of thiophene rings is 1. The Morgan fingerprint density at radius 2 is 2.28 bits per heavy atom. The molecule has 2 aromatic heterocycles. The number of hydrogen-bond donors (Lipinski definition) is 1. The fourth-order valence-corrected chi connectivity index (χ4v) is 2.86. The normalized spacial score (nSPS) is 23.5. The van der Waals surface area contributed by atoms with Crippen molar-refractivity contribution in [2.45, 2.75) is 24.7 Å². The zero-order valence-electron chi connectivity index (χ0n) is 9.05. The van der Waals surface area contributed by atoms with Crippen LogP contribution in [0.2, 0.25) is 0 Å². The molecular weight excluding hydrogens is 265 g/mol. The second-order valence-corrected chi connectivity index (χ2v) is 5.01. The number of hydrogen-bond acceptors (Lipinski definition) is 4. The van der Waals surface area contributed by atoms with Crippen LogP contribution in [0.1, 0.15) is 23.4 Å². The largest absolute Gasteiger partial charge is 0.411 e. The Hall–Kier alpha value is -1.57. The molecule has 3 heterocycles. The zero-order chi connectivity index (χ0) is 12.8. The molecule has 0 fully saturated rings. The Morgan fingerprint density at radius 3 is 2.94 bits per heavy atom. The van der Waals surface area contributed by atoms with Crippen molar-refractivity contribution in [2.24, 2.45) is 0 Å². The fourth-order valence-electron chi connectivity index (χ4n) is 2.07. The van der Waals surface area contributed by atoms with Crippen LogP contribution in [0, 0.1) is 0 Å². The SMILES string of the molecule is FC(F)(F)[C@@H]1C[C@@H](c2cccs2)Nc2ncnn21. The van der Waals surface area contributed by atoms with Crippen LogP contribution in [0.15, 0.2) is 23.8 Å². The molecule has 96 valence electrons. The Bertz CT molecular complexity index is 534. The van der Waals surface area contributed by atoms with Gasteiger partial charge in [-0.3, -0.25) is 0 Å². The van der Waals surface area contributed by atoms with Crippen LogP contribution in [-0.4, -0.2) is 20.9 Å². The number of alkyl halides is 3. The Labute approximate surface area is 104 Å². The molecule has 0 aromatic carbocycles. The highest BCUT2D eigenvalue weighted by atomic mass is 32.1. The summed E-state index contributed by atoms with van der Waals surface area (Å²) in [6.07, 6.45) is -3.25. The molecule has 2 atom stereocenters. The van der Waals surface area contributed by atoms with Gasteiger partial charge in [-0.05, 0) is 11.4 Å². The van der Waals surface area contributed by atoms with Gasteiger partial charge in [0.1, 0.15) is 6.33 Å². The summed E-state index contributed by atoms with van der Waals surface area (Å²) >= 11 is 1.43. The molecular formula is C10H9F3N4S. The highest BCUT2D eigenvalue weighted by Gasteiger charge is 2.46. The second-order valence-electron chi connectivity index (χ2n) is 4.03. The highest BCUT2D eigenvalue weighted by Crippen LogP contribution is 2.43. The molecule has 0 bridgehead atoms. The van der Waals surface area contributed by atoms with E-state index in [4.69, 9.17) is 0 Å². The van der Waals surface area contributed by atoms with Crippen LogP contribution in [0.25, 0.3) is 0 Å². The van der Waals surface area contributed by atoms with Crippen LogP contribution in [0.3, 0.4) is 0 Å². The van der Waals surface area contributed by atoms with E-state index in [0.717, 1.165) is 15.9 Å². The second kappa shape index (κ2) is 3.98. The summed E-state index contributed by atoms with van der Waals surface area (Å²) in [6, 6.07) is 1.66. The van der Waals surface area contributed by atoms with E-state index in [1.807, 2.05) is 17.5 Å². The van der Waals surface area contributed by atoms with Crippen molar-refractivity contribution in [2.75, 3.05) is 5.32 Å². The molecule has 0 unspecified atom stereocenters. The zero-order valence-corrected chi connectivity index (χ0v) is 9.87. The van der Waals surface area contributed by atoms with E-state index in [0.29, 0.717) is 0 Å². The third-order valence-corrected chi connectivity index (χ3v) is 3.88. The van der Waals surface area contributed by atoms with Crippen molar-refractivity contribution in [3.05, 3.63) is 28.7 Å². The molecule has 0 saturated heterocycles. The Kier molecular flexibility index (Phi) is 2.54. The minimum atomic E-state index is -4.32. The van der Waals surface area contributed by atoms with E-state index in [-0.39, 0.29) is 18.4 Å². The number of nitrogens with zero attached hydrogens (tertiary/aromatic N) is 3. The molecule has 1 N–H and O–H groups in total. The van der Waals surface area contributed by atoms with Crippen molar-refractivity contribution in [3.8, 4) is 0 Å². The van der Waals surface area contributed by atoms with E-state index in [9.17, 15) is 13.2 Å². The number of anilines is 1. The Morgan fingerprint density at radius 1 is 1.44 bits per heavy atom. The van der Waals surface area contributed by atoms with Gasteiger partial charge in [0.05, 0.1) is 6.04 Å². The van der Waals surface area contributed by atoms with Crippen LogP contribution in [0.4, 0.5) is 19.1 Å². The molecule has 0 spiro atoms. The summed E-state index contributed by atoms with van der Waals surface area (Å²) in [4.78, 5) is 4.70. The maximum Gasteiger partial charge on any atom is 0.411 e. The van der Waals surface area contributed by atoms with Crippen molar-refractivity contribution in [1.29, 1.82) is 0 Å². The number of halogens is 3. The topological polar surface area (TPSA) is 42.7 Å². The smallest absolute Gasteiger partial charge is 0.347 e. The van der Waals surface area contributed by atoms with Gasteiger partial charge in [-0.2, -0.15) is 23.3 Å². The van der Waals surface area contributed by atoms with Gasteiger partial charge < -0.3 is 5.32 Å². The lowest BCUT2D eigenvalue weighted by Gasteiger charge is -2.31. The van der Waals surface area contributed by atoms with Crippen LogP contribution < -0.4 is 5.32 Å². The summed E-state index contributed by atoms with van der Waals surface area (Å²) in [5.41, 5.74) is 0. The molecule has 1 aliphatic rings. The van der Waals surface area contributed by atoms with Crippen LogP contribution >= 0.6 is 11.3 Å². The van der Waals surface area contributed by atoms with Gasteiger partial charge in [0, 0.05) is 11.3 Å². The van der Waals surface area contributed by atoms with Crippen LogP contribution in [-0.2, 0) is 0 Å². The van der Waals surface area contributed by atoms with Gasteiger partial charge in [-0.25, -0.2) is 4.68 Å². The predicted octanol–water partition coefficient (Wildman–Crippen LogP) is 3.00. The molecule has 0 amide bonds. The first-order valence-corrected chi connectivity index (χ1v) is 6.20. The average Bonchev–Trinajstić information content (AvgIpc) is 2.97. The molecule has 0 saturated carbocycles. The van der Waals surface area contributed by atoms with E-state index in [2.05, 4.69) is 15.4 Å². The molecule has 0 aliphatic carbocycles. The lowest BCUT2D eigenvalue weighted by molar-refractivity contribution is -0.173. The molecule has 3 rings (SSSR count). The van der Waals surface area contributed by atoms with E-state index >= 15 is 0 Å². The van der Waals surface area contributed by atoms with Gasteiger partial charge in [0.25, 0.3) is 0 Å². The standard InChI is InChI=1S/C10H9F3N4S/c11-10(12,13)8-4-6(7-2-1-3-18-7)16-9-14-5-15-17(8)9/h1-3,5-6,8H,4H2,(H,14,15,16)/t6-,8-/m0/s1. The number of aromatic nitrogens is 3. The van der Waals surface area contributed by atoms with Gasteiger partial charge in [-0.15, -0.1) is 11.3 Å². The molecule has 8 heteroatoms. The summed E-state index contributed by atoms with van der Waals surface area (Å²) in [5.74, 6) is 0.168. The minimum Gasteiger partial charge on any atom is -0.347 e. The minimum absolute atomic E-state index is 0.0691. The first kappa shape index (κ1) is 11.5. The monoisotopic (exact) mass is 274 g/mol. The van der Waals surface area contributed by atoms with Gasteiger partial charge in [0.2, 0.25) is 5.95 Å². The molecule has 4 nitrogen and oxygen atoms in total. The van der Waals surface area contributed by atoms with Crippen LogP contribution in [0.5, 0.6) is 0 Å². The van der Waals surface area contributed by atoms with Gasteiger partial charge >= 0.3 is 6.18 Å². The van der Waals surface area contributed by atoms with E-state index in [1.165, 1.54) is 11.3 Å². The summed E-state index contributed by atoms with van der Waals surface area (Å²) in [6.45, 7) is 0. The van der Waals surface area contributed by atoms with Crippen molar-refractivity contribution in [3.63, 3.8) is 0 Å². The quantitative estimate of drug-likeness (QED) is 0.869. The van der Waals surface area contributed by atoms with Crippen molar-refractivity contribution in [1.82, 2.24) is 14.8 Å². The van der Waals surface area contributed by atoms with E-state index < -0.39 is 12.2 Å². The average molecular weight is 274 g/mol. The maximum atomic E-state index is 13.0. The number of fused-ring (bicyclic) bond motifs is 1.